The second kappa shape index (κ2) is 15.7. The van der Waals surface area contributed by atoms with Gasteiger partial charge in [0.05, 0.1) is 0 Å². The summed E-state index contributed by atoms with van der Waals surface area (Å²) in [7, 11) is 0. The van der Waals surface area contributed by atoms with Crippen LogP contribution in [0.25, 0.3) is 6.08 Å². The van der Waals surface area contributed by atoms with E-state index in [1.807, 2.05) is 0 Å². The van der Waals surface area contributed by atoms with Crippen LogP contribution in [0.15, 0.2) is 6.08 Å². The number of hydrogen-bond donors (Lipinski definition) is 0. The number of hydrogen-bond acceptors (Lipinski definition) is 0. The van der Waals surface area contributed by atoms with Crippen LogP contribution < -0.4 is 4.57 Å². The molecule has 1 aliphatic heterocycles. The smallest absolute Gasteiger partial charge is 0.185 e. The Morgan fingerprint density at radius 2 is 1.32 bits per heavy atom. The van der Waals surface area contributed by atoms with E-state index in [1.54, 1.807) is 16.8 Å². The van der Waals surface area contributed by atoms with Crippen LogP contribution in [-0.4, -0.2) is 0 Å². The van der Waals surface area contributed by atoms with Crippen LogP contribution in [0.4, 0.5) is 0 Å². The molecule has 0 unspecified atom stereocenters. The zero-order chi connectivity index (χ0) is 22.3. The number of rotatable bonds is 17. The summed E-state index contributed by atoms with van der Waals surface area (Å²) in [5, 5.41) is 0. The predicted molar refractivity (Wildman–Crippen MR) is 138 cm³/mol. The Morgan fingerprint density at radius 1 is 0.742 bits per heavy atom. The molecule has 1 aromatic heterocycles. The summed E-state index contributed by atoms with van der Waals surface area (Å²) in [6.45, 7) is 10.6. The zero-order valence-corrected chi connectivity index (χ0v) is 21.5. The lowest BCUT2D eigenvalue weighted by atomic mass is 9.93. The zero-order valence-electron chi connectivity index (χ0n) is 21.5. The highest BCUT2D eigenvalue weighted by molar-refractivity contribution is 5.57. The second-order valence-corrected chi connectivity index (χ2v) is 9.99. The van der Waals surface area contributed by atoms with Gasteiger partial charge in [-0.2, -0.15) is 4.57 Å². The summed E-state index contributed by atoms with van der Waals surface area (Å²) in [6.07, 6.45) is 29.7. The summed E-state index contributed by atoms with van der Waals surface area (Å²) >= 11 is 0. The van der Waals surface area contributed by atoms with E-state index in [9.17, 15) is 0 Å². The molecule has 0 radical (unpaired) electrons. The third kappa shape index (κ3) is 8.74. The molecule has 0 aliphatic carbocycles. The maximum absolute atomic E-state index is 2.65. The first-order valence-corrected chi connectivity index (χ1v) is 13.9. The predicted octanol–water partition coefficient (Wildman–Crippen LogP) is 8.98. The minimum Gasteiger partial charge on any atom is -0.199 e. The minimum atomic E-state index is 1.23. The molecule has 1 heteroatoms. The molecular formula is C30H52N+. The van der Waals surface area contributed by atoms with Crippen LogP contribution in [0.1, 0.15) is 145 Å². The fraction of sp³-hybridized carbons (Fsp3) is 0.767. The number of allylic oxidation sites excluding steroid dienone is 1. The first-order valence-electron chi connectivity index (χ1n) is 13.9. The molecule has 0 saturated heterocycles. The molecule has 0 N–H and O–H groups in total. The van der Waals surface area contributed by atoms with Crippen molar-refractivity contribution in [1.82, 2.24) is 0 Å². The molecule has 1 aliphatic rings. The Kier molecular flexibility index (Phi) is 13.2. The van der Waals surface area contributed by atoms with Crippen LogP contribution in [0.2, 0.25) is 0 Å². The summed E-state index contributed by atoms with van der Waals surface area (Å²) in [5.74, 6) is 0. The molecule has 1 aromatic rings. The van der Waals surface area contributed by atoms with E-state index < -0.39 is 0 Å². The van der Waals surface area contributed by atoms with Gasteiger partial charge in [0.2, 0.25) is 0 Å². The molecule has 0 fully saturated rings. The highest BCUT2D eigenvalue weighted by Gasteiger charge is 2.28. The number of pyridine rings is 1. The van der Waals surface area contributed by atoms with Crippen molar-refractivity contribution < 1.29 is 4.57 Å². The van der Waals surface area contributed by atoms with Gasteiger partial charge in [-0.3, -0.25) is 0 Å². The number of aromatic nitrogens is 1. The second-order valence-electron chi connectivity index (χ2n) is 9.99. The molecule has 0 aromatic carbocycles. The molecule has 176 valence electrons. The summed E-state index contributed by atoms with van der Waals surface area (Å²) in [6, 6.07) is 0. The van der Waals surface area contributed by atoms with Crippen molar-refractivity contribution in [3.63, 3.8) is 0 Å². The molecule has 0 atom stereocenters. The molecule has 2 heterocycles. The number of fused-ring (bicyclic) bond motifs is 1. The average molecular weight is 427 g/mol. The molecule has 1 nitrogen and oxygen atoms in total. The fourth-order valence-electron chi connectivity index (χ4n) is 5.41. The van der Waals surface area contributed by atoms with Gasteiger partial charge in [-0.1, -0.05) is 103 Å². The molecule has 0 spiro atoms. The van der Waals surface area contributed by atoms with Gasteiger partial charge < -0.3 is 0 Å². The van der Waals surface area contributed by atoms with Crippen LogP contribution in [0.3, 0.4) is 0 Å². The minimum absolute atomic E-state index is 1.23. The van der Waals surface area contributed by atoms with Gasteiger partial charge in [0.15, 0.2) is 11.4 Å². The average Bonchev–Trinajstić information content (AvgIpc) is 3.26. The van der Waals surface area contributed by atoms with Crippen molar-refractivity contribution in [2.75, 3.05) is 0 Å². The lowest BCUT2D eigenvalue weighted by Crippen LogP contribution is -2.39. The van der Waals surface area contributed by atoms with Crippen LogP contribution in [-0.2, 0) is 19.4 Å². The Hall–Kier alpha value is -1.11. The van der Waals surface area contributed by atoms with Crippen molar-refractivity contribution in [2.45, 2.75) is 150 Å². The van der Waals surface area contributed by atoms with E-state index in [0.29, 0.717) is 0 Å². The Balaban J connectivity index is 1.89. The Labute approximate surface area is 194 Å². The molecule has 31 heavy (non-hydrogen) atoms. The highest BCUT2D eigenvalue weighted by Crippen LogP contribution is 2.26. The lowest BCUT2D eigenvalue weighted by Gasteiger charge is -2.13. The van der Waals surface area contributed by atoms with Gasteiger partial charge in [-0.25, -0.2) is 0 Å². The van der Waals surface area contributed by atoms with E-state index in [4.69, 9.17) is 0 Å². The lowest BCUT2D eigenvalue weighted by molar-refractivity contribution is -0.697. The fourth-order valence-corrected chi connectivity index (χ4v) is 5.41. The number of nitrogens with zero attached hydrogens (tertiary/aromatic N) is 1. The van der Waals surface area contributed by atoms with Crippen LogP contribution in [0, 0.1) is 13.8 Å². The first kappa shape index (κ1) is 26.1. The van der Waals surface area contributed by atoms with Crippen LogP contribution in [0.5, 0.6) is 0 Å². The van der Waals surface area contributed by atoms with Gasteiger partial charge >= 0.3 is 0 Å². The van der Waals surface area contributed by atoms with Gasteiger partial charge in [0.25, 0.3) is 0 Å². The maximum atomic E-state index is 2.65. The maximum Gasteiger partial charge on any atom is 0.185 e. The Morgan fingerprint density at radius 3 is 1.97 bits per heavy atom. The first-order chi connectivity index (χ1) is 15.2. The van der Waals surface area contributed by atoms with E-state index in [1.165, 1.54) is 133 Å². The van der Waals surface area contributed by atoms with Gasteiger partial charge in [0.1, 0.15) is 6.54 Å². The highest BCUT2D eigenvalue weighted by atomic mass is 15.0. The third-order valence-corrected chi connectivity index (χ3v) is 7.41. The molecule has 0 bridgehead atoms. The molecule has 0 amide bonds. The summed E-state index contributed by atoms with van der Waals surface area (Å²) < 4.78 is 2.65. The third-order valence-electron chi connectivity index (χ3n) is 7.41. The van der Waals surface area contributed by atoms with Gasteiger partial charge in [0, 0.05) is 30.9 Å². The molecule has 0 saturated carbocycles. The van der Waals surface area contributed by atoms with E-state index in [2.05, 4.69) is 44.4 Å². The Bertz CT molecular complexity index is 655. The summed E-state index contributed by atoms with van der Waals surface area (Å²) in [4.78, 5) is 0. The van der Waals surface area contributed by atoms with Crippen molar-refractivity contribution in [2.24, 2.45) is 0 Å². The van der Waals surface area contributed by atoms with Crippen molar-refractivity contribution in [3.05, 3.63) is 34.2 Å². The number of unbranched alkanes of at least 4 members (excludes halogenated alkanes) is 13. The van der Waals surface area contributed by atoms with Crippen molar-refractivity contribution in [1.29, 1.82) is 0 Å². The quantitative estimate of drug-likeness (QED) is 0.173. The topological polar surface area (TPSA) is 3.88 Å². The van der Waals surface area contributed by atoms with Gasteiger partial charge in [-0.05, 0) is 38.2 Å². The van der Waals surface area contributed by atoms with E-state index >= 15 is 0 Å². The van der Waals surface area contributed by atoms with E-state index in [-0.39, 0.29) is 0 Å². The SMILES string of the molecule is CCCCCCCC/C=C/c1c(C)c(CCCCCCCCCC)c2[n+](c1C)CCC2. The monoisotopic (exact) mass is 426 g/mol. The molecule has 2 rings (SSSR count). The van der Waals surface area contributed by atoms with Crippen molar-refractivity contribution in [3.8, 4) is 0 Å². The molecular weight excluding hydrogens is 374 g/mol. The summed E-state index contributed by atoms with van der Waals surface area (Å²) in [5.41, 5.74) is 7.95. The van der Waals surface area contributed by atoms with E-state index in [0.717, 1.165) is 0 Å². The largest absolute Gasteiger partial charge is 0.199 e. The van der Waals surface area contributed by atoms with Crippen LogP contribution >= 0.6 is 0 Å². The normalized spacial score (nSPS) is 13.4. The van der Waals surface area contributed by atoms with Crippen molar-refractivity contribution >= 4 is 6.08 Å². The van der Waals surface area contributed by atoms with Gasteiger partial charge in [-0.15, -0.1) is 0 Å². The standard InChI is InChI=1S/C30H52N/c1-5-7-9-11-13-15-17-19-22-28-26(3)29(30-24-21-25-31(30)27(28)4)23-20-18-16-14-12-10-8-6-2/h19,22H,5-18,20-21,23-25H2,1-4H3/q+1/b22-19+.